The molecule has 1 N–H and O–H groups in total. The van der Waals surface area contributed by atoms with Crippen molar-refractivity contribution in [3.63, 3.8) is 0 Å². The third kappa shape index (κ3) is 3.39. The molecule has 2 heterocycles. The molecule has 0 aliphatic carbocycles. The van der Waals surface area contributed by atoms with Gasteiger partial charge < -0.3 is 14.6 Å². The van der Waals surface area contributed by atoms with Crippen LogP contribution in [0.5, 0.6) is 0 Å². The van der Waals surface area contributed by atoms with Gasteiger partial charge in [-0.25, -0.2) is 4.79 Å². The number of nitrogens with zero attached hydrogens (tertiary/aromatic N) is 3. The van der Waals surface area contributed by atoms with E-state index in [4.69, 9.17) is 5.11 Å². The van der Waals surface area contributed by atoms with E-state index in [9.17, 15) is 9.59 Å². The van der Waals surface area contributed by atoms with E-state index in [-0.39, 0.29) is 18.1 Å². The van der Waals surface area contributed by atoms with Crippen molar-refractivity contribution in [2.24, 2.45) is 0 Å². The first kappa shape index (κ1) is 14.6. The standard InChI is InChI=1S/C14H21N3O3/c1-2-5-15-7-9-16(10-8-15)13(18)11-17-6-3-4-12(17)14(19)20/h3-4,6H,2,5,7-11H2,1H3,(H,19,20). The third-order valence-electron chi connectivity index (χ3n) is 3.62. The molecule has 0 bridgehead atoms. The highest BCUT2D eigenvalue weighted by Gasteiger charge is 2.21. The highest BCUT2D eigenvalue weighted by molar-refractivity contribution is 5.86. The topological polar surface area (TPSA) is 65.8 Å². The van der Waals surface area contributed by atoms with Gasteiger partial charge in [-0.1, -0.05) is 6.92 Å². The molecule has 1 aliphatic heterocycles. The first-order valence-electron chi connectivity index (χ1n) is 7.00. The smallest absolute Gasteiger partial charge is 0.352 e. The second kappa shape index (κ2) is 6.56. The average Bonchev–Trinajstić information content (AvgIpc) is 2.88. The molecule has 110 valence electrons. The van der Waals surface area contributed by atoms with Crippen molar-refractivity contribution < 1.29 is 14.7 Å². The van der Waals surface area contributed by atoms with Crippen LogP contribution in [0.25, 0.3) is 0 Å². The van der Waals surface area contributed by atoms with E-state index < -0.39 is 5.97 Å². The van der Waals surface area contributed by atoms with E-state index in [1.165, 1.54) is 10.6 Å². The third-order valence-corrected chi connectivity index (χ3v) is 3.62. The first-order chi connectivity index (χ1) is 9.61. The van der Waals surface area contributed by atoms with Gasteiger partial charge in [0.05, 0.1) is 0 Å². The summed E-state index contributed by atoms with van der Waals surface area (Å²) in [6.07, 6.45) is 2.76. The van der Waals surface area contributed by atoms with Crippen LogP contribution in [0.1, 0.15) is 23.8 Å². The predicted molar refractivity (Wildman–Crippen MR) is 74.7 cm³/mol. The van der Waals surface area contributed by atoms with E-state index in [2.05, 4.69) is 11.8 Å². The number of carboxylic acid groups (broad SMARTS) is 1. The minimum absolute atomic E-state index is 0.0140. The molecule has 6 nitrogen and oxygen atoms in total. The number of rotatable bonds is 5. The second-order valence-corrected chi connectivity index (χ2v) is 5.05. The molecular formula is C14H21N3O3. The van der Waals surface area contributed by atoms with Gasteiger partial charge in [-0.05, 0) is 25.1 Å². The molecular weight excluding hydrogens is 258 g/mol. The molecule has 0 saturated carbocycles. The molecule has 20 heavy (non-hydrogen) atoms. The van der Waals surface area contributed by atoms with Crippen molar-refractivity contribution in [1.82, 2.24) is 14.4 Å². The van der Waals surface area contributed by atoms with E-state index >= 15 is 0 Å². The highest BCUT2D eigenvalue weighted by atomic mass is 16.4. The largest absolute Gasteiger partial charge is 0.477 e. The molecule has 1 aliphatic rings. The fraction of sp³-hybridized carbons (Fsp3) is 0.571. The summed E-state index contributed by atoms with van der Waals surface area (Å²) in [4.78, 5) is 27.4. The summed E-state index contributed by atoms with van der Waals surface area (Å²) in [5.41, 5.74) is 0.156. The Morgan fingerprint density at radius 1 is 1.25 bits per heavy atom. The van der Waals surface area contributed by atoms with Gasteiger partial charge in [0.2, 0.25) is 5.91 Å². The Hall–Kier alpha value is -1.82. The van der Waals surface area contributed by atoms with Crippen LogP contribution in [0.4, 0.5) is 0 Å². The van der Waals surface area contributed by atoms with Crippen LogP contribution < -0.4 is 0 Å². The van der Waals surface area contributed by atoms with E-state index in [1.807, 2.05) is 4.90 Å². The maximum atomic E-state index is 12.2. The van der Waals surface area contributed by atoms with Crippen LogP contribution in [0.3, 0.4) is 0 Å². The number of carbonyl (C=O) groups excluding carboxylic acids is 1. The Balaban J connectivity index is 1.90. The molecule has 1 amide bonds. The zero-order chi connectivity index (χ0) is 14.5. The quantitative estimate of drug-likeness (QED) is 0.863. The Kier molecular flexibility index (Phi) is 4.79. The normalized spacial score (nSPS) is 16.4. The number of amides is 1. The number of hydrogen-bond acceptors (Lipinski definition) is 3. The van der Waals surface area contributed by atoms with Crippen molar-refractivity contribution in [3.8, 4) is 0 Å². The maximum Gasteiger partial charge on any atom is 0.352 e. The SMILES string of the molecule is CCCN1CCN(C(=O)Cn2cccc2C(=O)O)CC1. The van der Waals surface area contributed by atoms with Gasteiger partial charge in [0.25, 0.3) is 0 Å². The average molecular weight is 279 g/mol. The van der Waals surface area contributed by atoms with Crippen molar-refractivity contribution >= 4 is 11.9 Å². The lowest BCUT2D eigenvalue weighted by molar-refractivity contribution is -0.133. The van der Waals surface area contributed by atoms with Crippen LogP contribution in [-0.4, -0.2) is 64.1 Å². The lowest BCUT2D eigenvalue weighted by atomic mass is 10.3. The molecule has 0 unspecified atom stereocenters. The van der Waals surface area contributed by atoms with Crippen LogP contribution in [-0.2, 0) is 11.3 Å². The fourth-order valence-electron chi connectivity index (χ4n) is 2.53. The minimum atomic E-state index is -1.00. The molecule has 2 rings (SSSR count). The summed E-state index contributed by atoms with van der Waals surface area (Å²) < 4.78 is 1.49. The zero-order valence-electron chi connectivity index (χ0n) is 11.8. The van der Waals surface area contributed by atoms with Crippen molar-refractivity contribution in [2.75, 3.05) is 32.7 Å². The van der Waals surface area contributed by atoms with Gasteiger partial charge >= 0.3 is 5.97 Å². The lowest BCUT2D eigenvalue weighted by Crippen LogP contribution is -2.49. The zero-order valence-corrected chi connectivity index (χ0v) is 11.8. The van der Waals surface area contributed by atoms with Crippen LogP contribution >= 0.6 is 0 Å². The summed E-state index contributed by atoms with van der Waals surface area (Å²) >= 11 is 0. The monoisotopic (exact) mass is 279 g/mol. The Morgan fingerprint density at radius 3 is 2.55 bits per heavy atom. The summed E-state index contributed by atoms with van der Waals surface area (Å²) in [5.74, 6) is -1.02. The summed E-state index contributed by atoms with van der Waals surface area (Å²) in [7, 11) is 0. The van der Waals surface area contributed by atoms with Gasteiger partial charge in [0.15, 0.2) is 0 Å². The minimum Gasteiger partial charge on any atom is -0.477 e. The van der Waals surface area contributed by atoms with Gasteiger partial charge in [-0.2, -0.15) is 0 Å². The van der Waals surface area contributed by atoms with Crippen LogP contribution in [0, 0.1) is 0 Å². The molecule has 0 spiro atoms. The highest BCUT2D eigenvalue weighted by Crippen LogP contribution is 2.07. The Morgan fingerprint density at radius 2 is 1.95 bits per heavy atom. The molecule has 0 aromatic carbocycles. The fourth-order valence-corrected chi connectivity index (χ4v) is 2.53. The number of hydrogen-bond donors (Lipinski definition) is 1. The second-order valence-electron chi connectivity index (χ2n) is 5.05. The van der Waals surface area contributed by atoms with Crippen molar-refractivity contribution in [3.05, 3.63) is 24.0 Å². The van der Waals surface area contributed by atoms with Gasteiger partial charge in [-0.3, -0.25) is 9.69 Å². The Bertz CT molecular complexity index is 476. The van der Waals surface area contributed by atoms with Crippen molar-refractivity contribution in [1.29, 1.82) is 0 Å². The number of aromatic carboxylic acids is 1. The van der Waals surface area contributed by atoms with Crippen LogP contribution in [0.2, 0.25) is 0 Å². The van der Waals surface area contributed by atoms with E-state index in [0.717, 1.165) is 39.1 Å². The number of piperazine rings is 1. The molecule has 6 heteroatoms. The van der Waals surface area contributed by atoms with Crippen molar-refractivity contribution in [2.45, 2.75) is 19.9 Å². The first-order valence-corrected chi connectivity index (χ1v) is 7.00. The van der Waals surface area contributed by atoms with E-state index in [0.29, 0.717) is 0 Å². The molecule has 0 atom stereocenters. The van der Waals surface area contributed by atoms with Gasteiger partial charge in [0, 0.05) is 32.4 Å². The van der Waals surface area contributed by atoms with Gasteiger partial charge in [0.1, 0.15) is 12.2 Å². The molecule has 1 fully saturated rings. The Labute approximate surface area is 118 Å². The molecule has 1 aromatic heterocycles. The summed E-state index contributed by atoms with van der Waals surface area (Å²) in [5, 5.41) is 9.02. The maximum absolute atomic E-state index is 12.2. The summed E-state index contributed by atoms with van der Waals surface area (Å²) in [6.45, 7) is 6.57. The predicted octanol–water partition coefficient (Wildman–Crippen LogP) is 0.740. The van der Waals surface area contributed by atoms with Gasteiger partial charge in [-0.15, -0.1) is 0 Å². The molecule has 1 aromatic rings. The molecule has 1 saturated heterocycles. The molecule has 0 radical (unpaired) electrons. The lowest BCUT2D eigenvalue weighted by Gasteiger charge is -2.34. The van der Waals surface area contributed by atoms with Crippen LogP contribution in [0.15, 0.2) is 18.3 Å². The number of carbonyl (C=O) groups is 2. The number of carboxylic acids is 1. The van der Waals surface area contributed by atoms with E-state index in [1.54, 1.807) is 12.3 Å². The summed E-state index contributed by atoms with van der Waals surface area (Å²) in [6, 6.07) is 3.16. The number of aromatic nitrogens is 1.